The second kappa shape index (κ2) is 5.82. The lowest BCUT2D eigenvalue weighted by Crippen LogP contribution is -2.36. The maximum atomic E-state index is 14.5. The van der Waals surface area contributed by atoms with E-state index in [0.717, 1.165) is 0 Å². The minimum atomic E-state index is -0.593. The van der Waals surface area contributed by atoms with Gasteiger partial charge < -0.3 is 14.4 Å². The van der Waals surface area contributed by atoms with Gasteiger partial charge >= 0.3 is 0 Å². The van der Waals surface area contributed by atoms with E-state index in [-0.39, 0.29) is 16.4 Å². The molecule has 7 nitrogen and oxygen atoms in total. The topological polar surface area (TPSA) is 76.2 Å². The lowest BCUT2D eigenvalue weighted by molar-refractivity contribution is 0.201. The summed E-state index contributed by atoms with van der Waals surface area (Å²) < 4.78 is 25.2. The summed E-state index contributed by atoms with van der Waals surface area (Å²) in [6.45, 7) is 2.21. The summed E-state index contributed by atoms with van der Waals surface area (Å²) in [5.74, 6) is 0.0486. The molecule has 0 saturated carbocycles. The molecule has 112 valence electrons. The van der Waals surface area contributed by atoms with Crippen LogP contribution in [-0.2, 0) is 4.74 Å². The maximum Gasteiger partial charge on any atom is 0.209 e. The number of benzene rings is 1. The van der Waals surface area contributed by atoms with Gasteiger partial charge in [0.2, 0.25) is 5.82 Å². The van der Waals surface area contributed by atoms with Crippen LogP contribution in [0, 0.1) is 5.82 Å². The number of anilines is 1. The number of hydrogen-bond acceptors (Lipinski definition) is 6. The summed E-state index contributed by atoms with van der Waals surface area (Å²) in [7, 11) is 1.61. The molecule has 2 heterocycles. The Balaban J connectivity index is 2.15. The molecule has 0 saturated heterocycles. The number of methoxy groups -OCH3 is 1. The minimum absolute atomic E-state index is 0.0397. The van der Waals surface area contributed by atoms with Crippen molar-refractivity contribution in [2.24, 2.45) is 0 Å². The highest BCUT2D eigenvalue weighted by Gasteiger charge is 2.29. The normalized spacial score (nSPS) is 14.0. The van der Waals surface area contributed by atoms with Crippen molar-refractivity contribution in [2.75, 3.05) is 38.3 Å². The first-order chi connectivity index (χ1) is 10.2. The molecular weight excluding hydrogens is 301 g/mol. The highest BCUT2D eigenvalue weighted by atomic mass is 35.5. The highest BCUT2D eigenvalue weighted by molar-refractivity contribution is 6.31. The molecule has 0 unspecified atom stereocenters. The van der Waals surface area contributed by atoms with Gasteiger partial charge in [0.1, 0.15) is 12.4 Å². The number of tetrazole rings is 1. The Morgan fingerprint density at radius 2 is 2.43 bits per heavy atom. The molecule has 0 amide bonds. The van der Waals surface area contributed by atoms with Crippen molar-refractivity contribution in [3.05, 3.63) is 16.9 Å². The van der Waals surface area contributed by atoms with Gasteiger partial charge in [0.05, 0.1) is 29.4 Å². The van der Waals surface area contributed by atoms with Crippen LogP contribution in [0.3, 0.4) is 0 Å². The fourth-order valence-electron chi connectivity index (χ4n) is 2.29. The first kappa shape index (κ1) is 14.0. The molecule has 0 aliphatic carbocycles. The van der Waals surface area contributed by atoms with Crippen molar-refractivity contribution in [3.8, 4) is 17.1 Å². The van der Waals surface area contributed by atoms with E-state index in [2.05, 4.69) is 20.6 Å². The number of hydrogen-bond donors (Lipinski definition) is 1. The Morgan fingerprint density at radius 3 is 3.14 bits per heavy atom. The summed E-state index contributed by atoms with van der Waals surface area (Å²) in [6, 6.07) is 1.47. The molecule has 0 fully saturated rings. The standard InChI is InChI=1S/C12H13ClFN5O2/c1-20-4-2-19-3-5-21-8-6-7(13)10(14)9(11(8)19)12-15-17-18-16-12/h6H,2-5H2,1H3,(H,15,16,17,18). The molecule has 1 aliphatic heterocycles. The number of H-pyrrole nitrogens is 1. The van der Waals surface area contributed by atoms with Gasteiger partial charge in [-0.1, -0.05) is 11.6 Å². The van der Waals surface area contributed by atoms with Crippen molar-refractivity contribution < 1.29 is 13.9 Å². The molecule has 0 atom stereocenters. The Labute approximate surface area is 125 Å². The fourth-order valence-corrected chi connectivity index (χ4v) is 2.49. The number of nitrogens with zero attached hydrogens (tertiary/aromatic N) is 4. The van der Waals surface area contributed by atoms with Crippen molar-refractivity contribution in [1.29, 1.82) is 0 Å². The van der Waals surface area contributed by atoms with Crippen molar-refractivity contribution >= 4 is 17.3 Å². The van der Waals surface area contributed by atoms with E-state index in [1.54, 1.807) is 7.11 Å². The molecule has 1 aromatic heterocycles. The largest absolute Gasteiger partial charge is 0.489 e. The van der Waals surface area contributed by atoms with Crippen LogP contribution in [0.4, 0.5) is 10.1 Å². The molecule has 2 aromatic rings. The number of aromatic nitrogens is 4. The second-order valence-corrected chi connectivity index (χ2v) is 4.87. The van der Waals surface area contributed by atoms with Gasteiger partial charge in [-0.2, -0.15) is 5.21 Å². The zero-order valence-electron chi connectivity index (χ0n) is 11.3. The van der Waals surface area contributed by atoms with E-state index in [9.17, 15) is 4.39 Å². The molecule has 1 aliphatic rings. The summed E-state index contributed by atoms with van der Waals surface area (Å²) in [5, 5.41) is 13.5. The summed E-state index contributed by atoms with van der Waals surface area (Å²) in [5.41, 5.74) is 0.753. The molecule has 3 rings (SSSR count). The van der Waals surface area contributed by atoms with Crippen LogP contribution in [-0.4, -0.2) is 54.0 Å². The number of fused-ring (bicyclic) bond motifs is 1. The van der Waals surface area contributed by atoms with Crippen LogP contribution in [0.2, 0.25) is 5.02 Å². The Bertz CT molecular complexity index is 637. The van der Waals surface area contributed by atoms with Gasteiger partial charge in [-0.3, -0.25) is 0 Å². The van der Waals surface area contributed by atoms with Crippen LogP contribution in [0.1, 0.15) is 0 Å². The summed E-state index contributed by atoms with van der Waals surface area (Å²) in [6.07, 6.45) is 0. The third-order valence-electron chi connectivity index (χ3n) is 3.23. The van der Waals surface area contributed by atoms with Crippen molar-refractivity contribution in [3.63, 3.8) is 0 Å². The van der Waals surface area contributed by atoms with E-state index in [0.29, 0.717) is 37.7 Å². The van der Waals surface area contributed by atoms with Gasteiger partial charge in [0.15, 0.2) is 5.82 Å². The molecule has 9 heteroatoms. The molecule has 0 spiro atoms. The Kier molecular flexibility index (Phi) is 3.89. The lowest BCUT2D eigenvalue weighted by atomic mass is 10.1. The highest BCUT2D eigenvalue weighted by Crippen LogP contribution is 2.43. The minimum Gasteiger partial charge on any atom is -0.489 e. The van der Waals surface area contributed by atoms with Gasteiger partial charge in [-0.05, 0) is 5.21 Å². The van der Waals surface area contributed by atoms with E-state index in [1.165, 1.54) is 6.07 Å². The number of nitrogens with one attached hydrogen (secondary N) is 1. The third-order valence-corrected chi connectivity index (χ3v) is 3.50. The summed E-state index contributed by atoms with van der Waals surface area (Å²) >= 11 is 5.94. The molecular formula is C12H13ClFN5O2. The Morgan fingerprint density at radius 1 is 1.57 bits per heavy atom. The quantitative estimate of drug-likeness (QED) is 0.922. The third kappa shape index (κ3) is 2.52. The SMILES string of the molecule is COCCN1CCOc2cc(Cl)c(F)c(-c3nn[nH]n3)c21. The van der Waals surface area contributed by atoms with Gasteiger partial charge in [-0.25, -0.2) is 4.39 Å². The Hall–Kier alpha value is -1.93. The monoisotopic (exact) mass is 313 g/mol. The van der Waals surface area contributed by atoms with Crippen molar-refractivity contribution in [2.45, 2.75) is 0 Å². The van der Waals surface area contributed by atoms with Gasteiger partial charge in [0.25, 0.3) is 0 Å². The zero-order chi connectivity index (χ0) is 14.8. The molecule has 0 bridgehead atoms. The van der Waals surface area contributed by atoms with Crippen LogP contribution >= 0.6 is 11.6 Å². The number of ether oxygens (including phenoxy) is 2. The average molecular weight is 314 g/mol. The predicted molar refractivity (Wildman–Crippen MR) is 74.2 cm³/mol. The predicted octanol–water partition coefficient (Wildman–Crippen LogP) is 1.50. The van der Waals surface area contributed by atoms with Crippen LogP contribution in [0.15, 0.2) is 6.07 Å². The van der Waals surface area contributed by atoms with E-state index >= 15 is 0 Å². The van der Waals surface area contributed by atoms with E-state index < -0.39 is 5.82 Å². The molecule has 21 heavy (non-hydrogen) atoms. The smallest absolute Gasteiger partial charge is 0.209 e. The number of rotatable bonds is 4. The average Bonchev–Trinajstić information content (AvgIpc) is 3.00. The van der Waals surface area contributed by atoms with Crippen LogP contribution in [0.25, 0.3) is 11.4 Å². The first-order valence-corrected chi connectivity index (χ1v) is 6.72. The zero-order valence-corrected chi connectivity index (χ0v) is 12.0. The number of halogens is 2. The summed E-state index contributed by atoms with van der Waals surface area (Å²) in [4.78, 5) is 1.97. The molecule has 1 N–H and O–H groups in total. The molecule has 1 aromatic carbocycles. The van der Waals surface area contributed by atoms with Crippen LogP contribution in [0.5, 0.6) is 5.75 Å². The van der Waals surface area contributed by atoms with Crippen LogP contribution < -0.4 is 9.64 Å². The van der Waals surface area contributed by atoms with Gasteiger partial charge in [-0.15, -0.1) is 10.2 Å². The van der Waals surface area contributed by atoms with E-state index in [4.69, 9.17) is 21.1 Å². The van der Waals surface area contributed by atoms with Gasteiger partial charge in [0, 0.05) is 19.7 Å². The molecule has 0 radical (unpaired) electrons. The maximum absolute atomic E-state index is 14.5. The lowest BCUT2D eigenvalue weighted by Gasteiger charge is -2.32. The number of aromatic amines is 1. The van der Waals surface area contributed by atoms with Crippen molar-refractivity contribution in [1.82, 2.24) is 20.6 Å². The fraction of sp³-hybridized carbons (Fsp3) is 0.417. The van der Waals surface area contributed by atoms with E-state index in [1.807, 2.05) is 4.90 Å². The second-order valence-electron chi connectivity index (χ2n) is 4.46. The first-order valence-electron chi connectivity index (χ1n) is 6.35.